The molecule has 1 aromatic carbocycles. The van der Waals surface area contributed by atoms with Crippen LogP contribution in [0.4, 0.5) is 0 Å². The zero-order valence-electron chi connectivity index (χ0n) is 9.56. The molecule has 4 nitrogen and oxygen atoms in total. The number of ether oxygens (including phenoxy) is 3. The van der Waals surface area contributed by atoms with Crippen LogP contribution in [0.3, 0.4) is 0 Å². The molecule has 88 valence electrons. The smallest absolute Gasteiger partial charge is 0.161 e. The molecule has 1 aromatic rings. The molecule has 0 heterocycles. The molecule has 0 atom stereocenters. The van der Waals surface area contributed by atoms with Gasteiger partial charge in [0.1, 0.15) is 12.9 Å². The molecule has 0 saturated carbocycles. The number of hydrogen-bond acceptors (Lipinski definition) is 4. The Bertz CT molecular complexity index is 336. The van der Waals surface area contributed by atoms with Crippen molar-refractivity contribution < 1.29 is 19.0 Å². The fourth-order valence-corrected chi connectivity index (χ4v) is 1.29. The van der Waals surface area contributed by atoms with Gasteiger partial charge in [-0.3, -0.25) is 0 Å². The highest BCUT2D eigenvalue weighted by molar-refractivity contribution is 5.56. The normalized spacial score (nSPS) is 9.88. The van der Waals surface area contributed by atoms with Gasteiger partial charge in [-0.25, -0.2) is 0 Å². The summed E-state index contributed by atoms with van der Waals surface area (Å²) in [5.74, 6) is 1.30. The second-order valence-corrected chi connectivity index (χ2v) is 3.20. The molecule has 0 bridgehead atoms. The number of carbonyl (C=O) groups is 1. The molecule has 0 saturated heterocycles. The molecule has 16 heavy (non-hydrogen) atoms. The molecule has 0 unspecified atom stereocenters. The van der Waals surface area contributed by atoms with E-state index in [0.29, 0.717) is 31.1 Å². The molecule has 0 spiro atoms. The first-order chi connectivity index (χ1) is 7.81. The minimum Gasteiger partial charge on any atom is -0.493 e. The maximum Gasteiger partial charge on any atom is 0.161 e. The van der Waals surface area contributed by atoms with Gasteiger partial charge in [-0.1, -0.05) is 6.07 Å². The largest absolute Gasteiger partial charge is 0.493 e. The standard InChI is InChI=1S/C12H16O4/c1-14-7-8-16-12-9-10(5-6-13)3-4-11(12)15-2/h3-4,6,9H,5,7-8H2,1-2H3. The van der Waals surface area contributed by atoms with Crippen molar-refractivity contribution >= 4 is 6.29 Å². The maximum absolute atomic E-state index is 10.4. The summed E-state index contributed by atoms with van der Waals surface area (Å²) in [6.45, 7) is 0.971. The summed E-state index contributed by atoms with van der Waals surface area (Å²) in [5.41, 5.74) is 0.906. The zero-order valence-corrected chi connectivity index (χ0v) is 9.56. The molecule has 0 aliphatic rings. The fraction of sp³-hybridized carbons (Fsp3) is 0.417. The van der Waals surface area contributed by atoms with Gasteiger partial charge in [0.25, 0.3) is 0 Å². The van der Waals surface area contributed by atoms with Crippen LogP contribution < -0.4 is 9.47 Å². The molecule has 4 heteroatoms. The van der Waals surface area contributed by atoms with E-state index in [1.165, 1.54) is 0 Å². The zero-order chi connectivity index (χ0) is 11.8. The van der Waals surface area contributed by atoms with Gasteiger partial charge in [0.15, 0.2) is 11.5 Å². The van der Waals surface area contributed by atoms with E-state index >= 15 is 0 Å². The number of benzene rings is 1. The molecule has 1 rings (SSSR count). The lowest BCUT2D eigenvalue weighted by Crippen LogP contribution is -2.05. The average molecular weight is 224 g/mol. The Hall–Kier alpha value is -1.55. The first kappa shape index (κ1) is 12.5. The number of hydrogen-bond donors (Lipinski definition) is 0. The number of rotatable bonds is 7. The van der Waals surface area contributed by atoms with E-state index in [1.54, 1.807) is 20.3 Å². The van der Waals surface area contributed by atoms with E-state index < -0.39 is 0 Å². The highest BCUT2D eigenvalue weighted by Crippen LogP contribution is 2.27. The number of carbonyl (C=O) groups excluding carboxylic acids is 1. The Morgan fingerprint density at radius 2 is 2.00 bits per heavy atom. The van der Waals surface area contributed by atoms with Crippen molar-refractivity contribution in [3.8, 4) is 11.5 Å². The van der Waals surface area contributed by atoms with Gasteiger partial charge in [0, 0.05) is 13.5 Å². The average Bonchev–Trinajstić information content (AvgIpc) is 2.30. The first-order valence-corrected chi connectivity index (χ1v) is 5.04. The van der Waals surface area contributed by atoms with Crippen molar-refractivity contribution in [2.24, 2.45) is 0 Å². The SMILES string of the molecule is COCCOc1cc(CC=O)ccc1OC. The predicted octanol–water partition coefficient (Wildman–Crippen LogP) is 1.46. The van der Waals surface area contributed by atoms with Crippen molar-refractivity contribution in [3.05, 3.63) is 23.8 Å². The van der Waals surface area contributed by atoms with Gasteiger partial charge in [0.2, 0.25) is 0 Å². The van der Waals surface area contributed by atoms with Crippen LogP contribution in [-0.4, -0.2) is 33.7 Å². The van der Waals surface area contributed by atoms with Gasteiger partial charge in [-0.15, -0.1) is 0 Å². The van der Waals surface area contributed by atoms with Gasteiger partial charge in [-0.05, 0) is 17.7 Å². The lowest BCUT2D eigenvalue weighted by Gasteiger charge is -2.11. The lowest BCUT2D eigenvalue weighted by molar-refractivity contribution is -0.107. The second-order valence-electron chi connectivity index (χ2n) is 3.20. The quantitative estimate of drug-likeness (QED) is 0.519. The molecule has 0 radical (unpaired) electrons. The Balaban J connectivity index is 2.75. The maximum atomic E-state index is 10.4. The second kappa shape index (κ2) is 6.85. The fourth-order valence-electron chi connectivity index (χ4n) is 1.29. The summed E-state index contributed by atoms with van der Waals surface area (Å²) >= 11 is 0. The van der Waals surface area contributed by atoms with Crippen LogP contribution >= 0.6 is 0 Å². The molecule has 0 aliphatic carbocycles. The van der Waals surface area contributed by atoms with Gasteiger partial charge >= 0.3 is 0 Å². The lowest BCUT2D eigenvalue weighted by atomic mass is 10.1. The van der Waals surface area contributed by atoms with Crippen molar-refractivity contribution in [1.82, 2.24) is 0 Å². The molecule has 0 amide bonds. The van der Waals surface area contributed by atoms with Crippen LogP contribution in [0.2, 0.25) is 0 Å². The van der Waals surface area contributed by atoms with Crippen LogP contribution in [0, 0.1) is 0 Å². The highest BCUT2D eigenvalue weighted by Gasteiger charge is 2.05. The summed E-state index contributed by atoms with van der Waals surface area (Å²) in [7, 11) is 3.20. The van der Waals surface area contributed by atoms with Crippen molar-refractivity contribution in [2.45, 2.75) is 6.42 Å². The van der Waals surface area contributed by atoms with E-state index in [1.807, 2.05) is 12.1 Å². The number of aldehydes is 1. The van der Waals surface area contributed by atoms with E-state index in [9.17, 15) is 4.79 Å². The molecule has 0 N–H and O–H groups in total. The number of methoxy groups -OCH3 is 2. The summed E-state index contributed by atoms with van der Waals surface area (Å²) in [6.07, 6.45) is 1.24. The summed E-state index contributed by atoms with van der Waals surface area (Å²) in [5, 5.41) is 0. The Labute approximate surface area is 95.1 Å². The Kier molecular flexibility index (Phi) is 5.36. The monoisotopic (exact) mass is 224 g/mol. The van der Waals surface area contributed by atoms with Gasteiger partial charge in [-0.2, -0.15) is 0 Å². The third kappa shape index (κ3) is 3.55. The summed E-state index contributed by atoms with van der Waals surface area (Å²) in [6, 6.07) is 5.44. The van der Waals surface area contributed by atoms with E-state index in [2.05, 4.69) is 0 Å². The predicted molar refractivity (Wildman–Crippen MR) is 60.1 cm³/mol. The summed E-state index contributed by atoms with van der Waals surface area (Å²) < 4.78 is 15.5. The van der Waals surface area contributed by atoms with E-state index in [-0.39, 0.29) is 0 Å². The van der Waals surface area contributed by atoms with Gasteiger partial charge in [0.05, 0.1) is 13.7 Å². The molecule has 0 aromatic heterocycles. The third-order valence-corrected chi connectivity index (χ3v) is 2.09. The van der Waals surface area contributed by atoms with Gasteiger partial charge < -0.3 is 19.0 Å². The minimum atomic E-state index is 0.380. The molecular weight excluding hydrogens is 208 g/mol. The molecular formula is C12H16O4. The molecule has 0 fully saturated rings. The highest BCUT2D eigenvalue weighted by atomic mass is 16.5. The van der Waals surface area contributed by atoms with Crippen LogP contribution in [0.1, 0.15) is 5.56 Å². The minimum absolute atomic E-state index is 0.380. The van der Waals surface area contributed by atoms with Crippen LogP contribution in [0.25, 0.3) is 0 Å². The van der Waals surface area contributed by atoms with Crippen LogP contribution in [-0.2, 0) is 16.0 Å². The van der Waals surface area contributed by atoms with Crippen molar-refractivity contribution in [1.29, 1.82) is 0 Å². The van der Waals surface area contributed by atoms with Crippen molar-refractivity contribution in [2.75, 3.05) is 27.4 Å². The first-order valence-electron chi connectivity index (χ1n) is 5.04. The Morgan fingerprint density at radius 1 is 1.19 bits per heavy atom. The topological polar surface area (TPSA) is 44.8 Å². The summed E-state index contributed by atoms with van der Waals surface area (Å²) in [4.78, 5) is 10.4. The molecule has 0 aliphatic heterocycles. The van der Waals surface area contributed by atoms with Crippen LogP contribution in [0.5, 0.6) is 11.5 Å². The Morgan fingerprint density at radius 3 is 2.62 bits per heavy atom. The van der Waals surface area contributed by atoms with Crippen molar-refractivity contribution in [3.63, 3.8) is 0 Å². The van der Waals surface area contributed by atoms with E-state index in [4.69, 9.17) is 14.2 Å². The van der Waals surface area contributed by atoms with Crippen LogP contribution in [0.15, 0.2) is 18.2 Å². The third-order valence-electron chi connectivity index (χ3n) is 2.09. The van der Waals surface area contributed by atoms with E-state index in [0.717, 1.165) is 11.8 Å².